The molecule has 1 atom stereocenters. The fraction of sp³-hybridized carbons (Fsp3) is 0.647. The Morgan fingerprint density at radius 2 is 2.19 bits per heavy atom. The highest BCUT2D eigenvalue weighted by Crippen LogP contribution is 2.24. The largest absolute Gasteiger partial charge is 0.385 e. The zero-order valence-corrected chi connectivity index (χ0v) is 17.5. The Balaban J connectivity index is 1.92. The number of halogens is 1. The minimum absolute atomic E-state index is 0.0788. The van der Waals surface area contributed by atoms with E-state index in [0.29, 0.717) is 48.9 Å². The van der Waals surface area contributed by atoms with Gasteiger partial charge in [-0.3, -0.25) is 9.59 Å². The molecule has 8 nitrogen and oxygen atoms in total. The van der Waals surface area contributed by atoms with Crippen LogP contribution in [0.3, 0.4) is 0 Å². The number of anilines is 1. The first-order chi connectivity index (χ1) is 12.9. The van der Waals surface area contributed by atoms with Crippen LogP contribution in [0.4, 0.5) is 5.82 Å². The van der Waals surface area contributed by atoms with Crippen LogP contribution >= 0.6 is 23.4 Å². The average molecular weight is 416 g/mol. The van der Waals surface area contributed by atoms with Gasteiger partial charge in [-0.1, -0.05) is 23.4 Å². The Morgan fingerprint density at radius 1 is 1.41 bits per heavy atom. The molecule has 2 heterocycles. The number of rotatable bonds is 8. The third kappa shape index (κ3) is 6.82. The number of hydrogen-bond donors (Lipinski definition) is 1. The van der Waals surface area contributed by atoms with Crippen LogP contribution < -0.4 is 10.2 Å². The number of carbonyl (C=O) groups is 2. The highest BCUT2D eigenvalue weighted by molar-refractivity contribution is 7.99. The predicted octanol–water partition coefficient (Wildman–Crippen LogP) is 1.43. The van der Waals surface area contributed by atoms with Crippen molar-refractivity contribution in [3.63, 3.8) is 0 Å². The quantitative estimate of drug-likeness (QED) is 0.297. The summed E-state index contributed by atoms with van der Waals surface area (Å²) in [6, 6.07) is 1.81. The van der Waals surface area contributed by atoms with Crippen molar-refractivity contribution in [3.05, 3.63) is 11.2 Å². The van der Waals surface area contributed by atoms with Crippen LogP contribution in [-0.2, 0) is 14.3 Å². The number of carbonyl (C=O) groups excluding carboxylic acids is 2. The second kappa shape index (κ2) is 10.7. The van der Waals surface area contributed by atoms with Crippen molar-refractivity contribution < 1.29 is 14.3 Å². The highest BCUT2D eigenvalue weighted by atomic mass is 35.5. The summed E-state index contributed by atoms with van der Waals surface area (Å²) in [7, 11) is 1.63. The zero-order valence-electron chi connectivity index (χ0n) is 15.9. The first-order valence-corrected chi connectivity index (χ1v) is 10.2. The van der Waals surface area contributed by atoms with Gasteiger partial charge in [0.2, 0.25) is 11.8 Å². The maximum atomic E-state index is 11.9. The number of amides is 2. The van der Waals surface area contributed by atoms with E-state index in [1.54, 1.807) is 20.1 Å². The molecule has 1 aliphatic heterocycles. The van der Waals surface area contributed by atoms with E-state index < -0.39 is 0 Å². The molecule has 0 radical (unpaired) electrons. The number of nitrogens with one attached hydrogen (secondary N) is 1. The number of methoxy groups -OCH3 is 1. The molecule has 1 aliphatic rings. The maximum absolute atomic E-state index is 11.9. The van der Waals surface area contributed by atoms with E-state index in [0.717, 1.165) is 6.42 Å². The lowest BCUT2D eigenvalue weighted by Gasteiger charge is -2.40. The van der Waals surface area contributed by atoms with Gasteiger partial charge in [-0.25, -0.2) is 9.97 Å². The third-order valence-electron chi connectivity index (χ3n) is 4.20. The molecule has 10 heteroatoms. The molecule has 1 fully saturated rings. The molecule has 0 saturated carbocycles. The van der Waals surface area contributed by atoms with Gasteiger partial charge in [0.15, 0.2) is 5.16 Å². The first kappa shape index (κ1) is 21.7. The molecule has 1 N–H and O–H groups in total. The molecular weight excluding hydrogens is 390 g/mol. The molecular formula is C17H26ClN5O3S. The van der Waals surface area contributed by atoms with Crippen molar-refractivity contribution in [3.8, 4) is 0 Å². The normalized spacial score (nSPS) is 17.1. The molecule has 0 aliphatic carbocycles. The van der Waals surface area contributed by atoms with E-state index in [2.05, 4.69) is 20.2 Å². The van der Waals surface area contributed by atoms with Crippen molar-refractivity contribution in [2.24, 2.45) is 0 Å². The summed E-state index contributed by atoms with van der Waals surface area (Å²) in [5, 5.41) is 3.63. The Kier molecular flexibility index (Phi) is 8.59. The van der Waals surface area contributed by atoms with Crippen molar-refractivity contribution in [1.82, 2.24) is 20.2 Å². The lowest BCUT2D eigenvalue weighted by atomic mass is 10.2. The fourth-order valence-corrected chi connectivity index (χ4v) is 3.78. The number of ether oxygens (including phenoxy) is 1. The summed E-state index contributed by atoms with van der Waals surface area (Å²) < 4.78 is 4.95. The van der Waals surface area contributed by atoms with Crippen LogP contribution in [0.2, 0.25) is 5.15 Å². The molecule has 27 heavy (non-hydrogen) atoms. The summed E-state index contributed by atoms with van der Waals surface area (Å²) in [5.74, 6) is 0.940. The van der Waals surface area contributed by atoms with Crippen LogP contribution in [0.1, 0.15) is 20.3 Å². The van der Waals surface area contributed by atoms with Crippen LogP contribution in [0.15, 0.2) is 11.2 Å². The van der Waals surface area contributed by atoms with E-state index >= 15 is 0 Å². The molecule has 1 aromatic heterocycles. The minimum Gasteiger partial charge on any atom is -0.385 e. The summed E-state index contributed by atoms with van der Waals surface area (Å²) in [4.78, 5) is 36.2. The zero-order chi connectivity index (χ0) is 19.8. The summed E-state index contributed by atoms with van der Waals surface area (Å²) >= 11 is 7.40. The number of thioether (sulfide) groups is 1. The lowest BCUT2D eigenvalue weighted by Crippen LogP contribution is -2.53. The van der Waals surface area contributed by atoms with Crippen LogP contribution in [-0.4, -0.2) is 78.4 Å². The molecule has 1 aromatic rings. The van der Waals surface area contributed by atoms with Gasteiger partial charge in [0, 0.05) is 58.9 Å². The van der Waals surface area contributed by atoms with Gasteiger partial charge in [-0.15, -0.1) is 0 Å². The number of piperazine rings is 1. The standard InChI is InChI=1S/C17H26ClN5O3S/c1-12-10-22(6-7-23(12)13(2)24)15-9-14(18)20-17(21-15)27-11-16(25)19-5-4-8-26-3/h9,12H,4-8,10-11H2,1-3H3,(H,19,25)/t12-/m1/s1. The SMILES string of the molecule is COCCCNC(=O)CSc1nc(Cl)cc(N2CCN(C(C)=O)[C@H](C)C2)n1. The second-order valence-corrected chi connectivity index (χ2v) is 7.65. The highest BCUT2D eigenvalue weighted by Gasteiger charge is 2.26. The number of aromatic nitrogens is 2. The van der Waals surface area contributed by atoms with E-state index in [1.165, 1.54) is 11.8 Å². The van der Waals surface area contributed by atoms with E-state index in [-0.39, 0.29) is 23.6 Å². The minimum atomic E-state index is -0.0788. The van der Waals surface area contributed by atoms with Crippen LogP contribution in [0.25, 0.3) is 0 Å². The summed E-state index contributed by atoms with van der Waals surface area (Å²) in [6.07, 6.45) is 0.773. The molecule has 0 bridgehead atoms. The molecule has 0 spiro atoms. The molecule has 0 unspecified atom stereocenters. The van der Waals surface area contributed by atoms with Crippen molar-refractivity contribution >= 4 is 41.0 Å². The Morgan fingerprint density at radius 3 is 2.85 bits per heavy atom. The molecule has 0 aromatic carbocycles. The molecule has 2 amide bonds. The second-order valence-electron chi connectivity index (χ2n) is 6.32. The van der Waals surface area contributed by atoms with Gasteiger partial charge in [0.05, 0.1) is 5.75 Å². The maximum Gasteiger partial charge on any atom is 0.230 e. The van der Waals surface area contributed by atoms with Crippen molar-refractivity contribution in [1.29, 1.82) is 0 Å². The van der Waals surface area contributed by atoms with E-state index in [4.69, 9.17) is 16.3 Å². The molecule has 2 rings (SSSR count). The van der Waals surface area contributed by atoms with Gasteiger partial charge in [-0.05, 0) is 13.3 Å². The van der Waals surface area contributed by atoms with Gasteiger partial charge in [-0.2, -0.15) is 0 Å². The van der Waals surface area contributed by atoms with E-state index in [9.17, 15) is 9.59 Å². The average Bonchev–Trinajstić information content (AvgIpc) is 2.62. The number of nitrogens with zero attached hydrogens (tertiary/aromatic N) is 4. The van der Waals surface area contributed by atoms with Gasteiger partial charge in [0.1, 0.15) is 11.0 Å². The van der Waals surface area contributed by atoms with E-state index in [1.807, 2.05) is 11.8 Å². The fourth-order valence-electron chi connectivity index (χ4n) is 2.87. The summed E-state index contributed by atoms with van der Waals surface area (Å²) in [5.41, 5.74) is 0. The third-order valence-corrected chi connectivity index (χ3v) is 5.24. The molecule has 1 saturated heterocycles. The van der Waals surface area contributed by atoms with Crippen molar-refractivity contribution in [2.45, 2.75) is 31.5 Å². The van der Waals surface area contributed by atoms with Crippen LogP contribution in [0.5, 0.6) is 0 Å². The van der Waals surface area contributed by atoms with Crippen LogP contribution in [0, 0.1) is 0 Å². The Hall–Kier alpha value is -1.58. The van der Waals surface area contributed by atoms with Gasteiger partial charge >= 0.3 is 0 Å². The molecule has 150 valence electrons. The van der Waals surface area contributed by atoms with Gasteiger partial charge < -0.3 is 19.9 Å². The number of hydrogen-bond acceptors (Lipinski definition) is 7. The van der Waals surface area contributed by atoms with Crippen molar-refractivity contribution in [2.75, 3.05) is 50.5 Å². The Bertz CT molecular complexity index is 663. The Labute approximate surface area is 169 Å². The smallest absolute Gasteiger partial charge is 0.230 e. The monoisotopic (exact) mass is 415 g/mol. The first-order valence-electron chi connectivity index (χ1n) is 8.86. The van der Waals surface area contributed by atoms with Gasteiger partial charge in [0.25, 0.3) is 0 Å². The lowest BCUT2D eigenvalue weighted by molar-refractivity contribution is -0.131. The summed E-state index contributed by atoms with van der Waals surface area (Å²) in [6.45, 7) is 6.79. The topological polar surface area (TPSA) is 87.7 Å². The predicted molar refractivity (Wildman–Crippen MR) is 106 cm³/mol.